The lowest BCUT2D eigenvalue weighted by Crippen LogP contribution is -2.37. The van der Waals surface area contributed by atoms with Crippen LogP contribution in [0.3, 0.4) is 0 Å². The molecular weight excluding hydrogens is 332 g/mol. The molecule has 0 aliphatic carbocycles. The van der Waals surface area contributed by atoms with Gasteiger partial charge in [-0.15, -0.1) is 0 Å². The molecule has 2 aromatic carbocycles. The number of hydrogen-bond acceptors (Lipinski definition) is 2. The Balaban J connectivity index is 1.50. The molecule has 1 aliphatic rings. The normalized spacial score (nSPS) is 13.8. The molecule has 0 unspecified atom stereocenters. The van der Waals surface area contributed by atoms with E-state index in [1.165, 1.54) is 16.8 Å². The van der Waals surface area contributed by atoms with Gasteiger partial charge in [-0.3, -0.25) is 0 Å². The van der Waals surface area contributed by atoms with Crippen LogP contribution in [0.15, 0.2) is 71.7 Å². The summed E-state index contributed by atoms with van der Waals surface area (Å²) in [5.41, 5.74) is 3.89. The second-order valence-electron chi connectivity index (χ2n) is 6.76. The summed E-state index contributed by atoms with van der Waals surface area (Å²) in [6.07, 6.45) is 6.60. The molecule has 0 radical (unpaired) electrons. The third kappa shape index (κ3) is 6.17. The van der Waals surface area contributed by atoms with Gasteiger partial charge in [-0.25, -0.2) is 4.99 Å². The van der Waals surface area contributed by atoms with Crippen molar-refractivity contribution in [3.63, 3.8) is 0 Å². The third-order valence-corrected chi connectivity index (χ3v) is 4.64. The van der Waals surface area contributed by atoms with Crippen LogP contribution in [0, 0.1) is 0 Å². The maximum Gasteiger partial charge on any atom is 0.191 e. The Morgan fingerprint density at radius 1 is 0.963 bits per heavy atom. The average molecular weight is 363 g/mol. The van der Waals surface area contributed by atoms with Crippen molar-refractivity contribution in [2.75, 3.05) is 31.1 Å². The highest BCUT2D eigenvalue weighted by molar-refractivity contribution is 5.79. The topological polar surface area (TPSA) is 39.7 Å². The van der Waals surface area contributed by atoms with E-state index in [2.05, 4.69) is 89.2 Å². The summed E-state index contributed by atoms with van der Waals surface area (Å²) in [7, 11) is 0. The Morgan fingerprint density at radius 3 is 2.52 bits per heavy atom. The Morgan fingerprint density at radius 2 is 1.74 bits per heavy atom. The molecule has 142 valence electrons. The molecule has 27 heavy (non-hydrogen) atoms. The molecular formula is C23H30N4. The van der Waals surface area contributed by atoms with Crippen molar-refractivity contribution >= 4 is 11.6 Å². The molecule has 0 bridgehead atoms. The van der Waals surface area contributed by atoms with Gasteiger partial charge in [-0.05, 0) is 43.0 Å². The Labute approximate surface area is 163 Å². The first-order chi connectivity index (χ1) is 13.3. The molecule has 0 amide bonds. The summed E-state index contributed by atoms with van der Waals surface area (Å²) in [4.78, 5) is 7.12. The quantitative estimate of drug-likeness (QED) is 0.325. The van der Waals surface area contributed by atoms with E-state index >= 15 is 0 Å². The minimum absolute atomic E-state index is 0.684. The van der Waals surface area contributed by atoms with Gasteiger partial charge in [0.1, 0.15) is 0 Å². The lowest BCUT2D eigenvalue weighted by molar-refractivity contribution is 0.744. The zero-order chi connectivity index (χ0) is 18.7. The first-order valence-electron chi connectivity index (χ1n) is 9.90. The molecule has 0 aromatic heterocycles. The highest BCUT2D eigenvalue weighted by Crippen LogP contribution is 2.18. The van der Waals surface area contributed by atoms with Gasteiger partial charge in [-0.1, -0.05) is 54.6 Å². The van der Waals surface area contributed by atoms with E-state index < -0.39 is 0 Å². The Kier molecular flexibility index (Phi) is 7.34. The first-order valence-corrected chi connectivity index (χ1v) is 9.90. The van der Waals surface area contributed by atoms with Crippen LogP contribution in [0.1, 0.15) is 24.5 Å². The number of guanidine groups is 1. The molecule has 2 N–H and O–H groups in total. The maximum absolute atomic E-state index is 4.76. The summed E-state index contributed by atoms with van der Waals surface area (Å²) >= 11 is 0. The molecule has 4 nitrogen and oxygen atoms in total. The van der Waals surface area contributed by atoms with Crippen LogP contribution >= 0.6 is 0 Å². The fourth-order valence-electron chi connectivity index (χ4n) is 3.20. The monoisotopic (exact) mass is 362 g/mol. The molecule has 0 spiro atoms. The van der Waals surface area contributed by atoms with Crippen LogP contribution in [0.25, 0.3) is 0 Å². The lowest BCUT2D eigenvalue weighted by atomic mass is 10.1. The van der Waals surface area contributed by atoms with Gasteiger partial charge < -0.3 is 15.5 Å². The summed E-state index contributed by atoms with van der Waals surface area (Å²) in [5, 5.41) is 6.79. The maximum atomic E-state index is 4.76. The summed E-state index contributed by atoms with van der Waals surface area (Å²) in [6.45, 7) is 6.56. The molecule has 0 saturated heterocycles. The number of anilines is 1. The summed E-state index contributed by atoms with van der Waals surface area (Å²) in [6, 6.07) is 19.3. The molecule has 3 rings (SSSR count). The van der Waals surface area contributed by atoms with Crippen molar-refractivity contribution in [2.45, 2.75) is 26.3 Å². The van der Waals surface area contributed by atoms with E-state index in [1.807, 2.05) is 0 Å². The van der Waals surface area contributed by atoms with Crippen LogP contribution in [-0.2, 0) is 13.0 Å². The van der Waals surface area contributed by atoms with E-state index in [0.29, 0.717) is 6.54 Å². The van der Waals surface area contributed by atoms with Gasteiger partial charge in [0.05, 0.1) is 6.54 Å². The SMILES string of the molecule is CCNC(=NCc1cccc(N2CC=CC2)c1)NCCCc1ccccc1. The van der Waals surface area contributed by atoms with Gasteiger partial charge >= 0.3 is 0 Å². The Hall–Kier alpha value is -2.75. The van der Waals surface area contributed by atoms with Crippen LogP contribution < -0.4 is 15.5 Å². The zero-order valence-electron chi connectivity index (χ0n) is 16.2. The van der Waals surface area contributed by atoms with Crippen molar-refractivity contribution in [1.29, 1.82) is 0 Å². The van der Waals surface area contributed by atoms with Gasteiger partial charge in [0.25, 0.3) is 0 Å². The van der Waals surface area contributed by atoms with Crippen molar-refractivity contribution in [3.8, 4) is 0 Å². The van der Waals surface area contributed by atoms with Crippen molar-refractivity contribution in [1.82, 2.24) is 10.6 Å². The largest absolute Gasteiger partial charge is 0.364 e. The van der Waals surface area contributed by atoms with Crippen molar-refractivity contribution in [2.24, 2.45) is 4.99 Å². The molecule has 0 atom stereocenters. The molecule has 1 heterocycles. The Bertz CT molecular complexity index is 744. The first kappa shape index (κ1) is 19.0. The summed E-state index contributed by atoms with van der Waals surface area (Å²) in [5.74, 6) is 0.888. The number of nitrogens with zero attached hydrogens (tertiary/aromatic N) is 2. The number of hydrogen-bond donors (Lipinski definition) is 2. The van der Waals surface area contributed by atoms with Crippen LogP contribution in [0.4, 0.5) is 5.69 Å². The van der Waals surface area contributed by atoms with E-state index in [9.17, 15) is 0 Å². The standard InChI is InChI=1S/C23H30N4/c1-2-24-23(25-15-9-13-20-10-4-3-5-11-20)26-19-21-12-8-14-22(18-21)27-16-6-7-17-27/h3-8,10-12,14,18H,2,9,13,15-17,19H2,1H3,(H2,24,25,26). The lowest BCUT2D eigenvalue weighted by Gasteiger charge is -2.18. The predicted octanol–water partition coefficient (Wildman–Crippen LogP) is 3.75. The van der Waals surface area contributed by atoms with E-state index in [4.69, 9.17) is 4.99 Å². The molecule has 2 aromatic rings. The molecule has 4 heteroatoms. The number of benzene rings is 2. The van der Waals surface area contributed by atoms with Gasteiger partial charge in [0.15, 0.2) is 5.96 Å². The van der Waals surface area contributed by atoms with Crippen LogP contribution in [0.5, 0.6) is 0 Å². The second-order valence-corrected chi connectivity index (χ2v) is 6.76. The van der Waals surface area contributed by atoms with E-state index in [-0.39, 0.29) is 0 Å². The highest BCUT2D eigenvalue weighted by Gasteiger charge is 2.07. The van der Waals surface area contributed by atoms with Gasteiger partial charge in [0, 0.05) is 31.9 Å². The smallest absolute Gasteiger partial charge is 0.191 e. The number of rotatable bonds is 8. The molecule has 0 fully saturated rings. The minimum Gasteiger partial charge on any atom is -0.364 e. The van der Waals surface area contributed by atoms with E-state index in [1.54, 1.807) is 0 Å². The minimum atomic E-state index is 0.684. The predicted molar refractivity (Wildman–Crippen MR) is 115 cm³/mol. The fraction of sp³-hybridized carbons (Fsp3) is 0.348. The highest BCUT2D eigenvalue weighted by atomic mass is 15.2. The fourth-order valence-corrected chi connectivity index (χ4v) is 3.20. The number of aryl methyl sites for hydroxylation is 1. The number of aliphatic imine (C=N–C) groups is 1. The third-order valence-electron chi connectivity index (χ3n) is 4.64. The summed E-state index contributed by atoms with van der Waals surface area (Å²) < 4.78 is 0. The van der Waals surface area contributed by atoms with Crippen molar-refractivity contribution in [3.05, 3.63) is 77.9 Å². The van der Waals surface area contributed by atoms with Gasteiger partial charge in [0.2, 0.25) is 0 Å². The zero-order valence-corrected chi connectivity index (χ0v) is 16.2. The molecule has 0 saturated carbocycles. The van der Waals surface area contributed by atoms with Crippen LogP contribution in [0.2, 0.25) is 0 Å². The number of nitrogens with one attached hydrogen (secondary N) is 2. The van der Waals surface area contributed by atoms with E-state index in [0.717, 1.165) is 45.0 Å². The van der Waals surface area contributed by atoms with Crippen molar-refractivity contribution < 1.29 is 0 Å². The second kappa shape index (κ2) is 10.4. The molecule has 1 aliphatic heterocycles. The van der Waals surface area contributed by atoms with Gasteiger partial charge in [-0.2, -0.15) is 0 Å². The van der Waals surface area contributed by atoms with Crippen LogP contribution in [-0.4, -0.2) is 32.1 Å². The average Bonchev–Trinajstić information content (AvgIpc) is 3.25.